The summed E-state index contributed by atoms with van der Waals surface area (Å²) in [6.45, 7) is 15.7. The van der Waals surface area contributed by atoms with Crippen molar-refractivity contribution >= 4 is 31.2 Å². The topological polar surface area (TPSA) is 191 Å². The van der Waals surface area contributed by atoms with Crippen molar-refractivity contribution in [3.05, 3.63) is 0 Å². The Morgan fingerprint density at radius 3 is 1.77 bits per heavy atom. The van der Waals surface area contributed by atoms with E-state index in [1.807, 2.05) is 6.92 Å². The lowest BCUT2D eigenvalue weighted by atomic mass is 9.43. The van der Waals surface area contributed by atoms with E-state index in [0.29, 0.717) is 24.2 Å². The predicted octanol–water partition coefficient (Wildman–Crippen LogP) is 5.53. The summed E-state index contributed by atoms with van der Waals surface area (Å²) in [6, 6.07) is 0. The minimum Gasteiger partial charge on any atom is -0.264 e. The minimum atomic E-state index is -5.06. The van der Waals surface area contributed by atoms with Gasteiger partial charge >= 0.3 is 31.2 Å². The second-order valence-corrected chi connectivity index (χ2v) is 19.0. The van der Waals surface area contributed by atoms with Crippen LogP contribution < -0.4 is 0 Å². The molecule has 15 heteroatoms. The van der Waals surface area contributed by atoms with Crippen molar-refractivity contribution in [3.8, 4) is 0 Å². The van der Waals surface area contributed by atoms with Gasteiger partial charge in [0.05, 0.1) is 6.10 Å². The maximum absolute atomic E-state index is 12.1. The van der Waals surface area contributed by atoms with Crippen LogP contribution in [0.1, 0.15) is 106 Å². The molecule has 0 radical (unpaired) electrons. The molecule has 4 aliphatic rings. The van der Waals surface area contributed by atoms with Gasteiger partial charge in [-0.1, -0.05) is 54.9 Å². The smallest absolute Gasteiger partial charge is 0.264 e. The molecule has 0 spiro atoms. The quantitative estimate of drug-likeness (QED) is 0.244. The Morgan fingerprint density at radius 2 is 1.23 bits per heavy atom. The third-order valence-electron chi connectivity index (χ3n) is 12.7. The molecule has 44 heavy (non-hydrogen) atoms. The highest BCUT2D eigenvalue weighted by Gasteiger charge is 2.65. The van der Waals surface area contributed by atoms with Crippen LogP contribution in [-0.4, -0.2) is 57.2 Å². The van der Waals surface area contributed by atoms with Gasteiger partial charge in [-0.25, -0.2) is 12.5 Å². The Balaban J connectivity index is 1.66. The molecule has 4 saturated carbocycles. The third kappa shape index (κ3) is 7.83. The molecule has 4 aliphatic carbocycles. The summed E-state index contributed by atoms with van der Waals surface area (Å²) in [7, 11) is -15.0. The van der Waals surface area contributed by atoms with Gasteiger partial charge in [0.2, 0.25) is 0 Å². The molecule has 0 aromatic heterocycles. The van der Waals surface area contributed by atoms with Crippen molar-refractivity contribution in [1.82, 2.24) is 0 Å². The second kappa shape index (κ2) is 12.2. The van der Waals surface area contributed by atoms with Crippen molar-refractivity contribution in [2.75, 3.05) is 0 Å². The Hall–Kier alpha value is -0.390. The van der Waals surface area contributed by atoms with Gasteiger partial charge in [0.1, 0.15) is 12.2 Å². The first kappa shape index (κ1) is 36.4. The van der Waals surface area contributed by atoms with E-state index in [4.69, 9.17) is 12.5 Å². The number of rotatable bonds is 10. The zero-order valence-corrected chi connectivity index (χ0v) is 29.3. The molecule has 0 aliphatic heterocycles. The minimum absolute atomic E-state index is 0.00197. The first-order valence-corrected chi connectivity index (χ1v) is 19.9. The fraction of sp³-hybridized carbons (Fsp3) is 1.00. The number of hydrogen-bond acceptors (Lipinski definition) is 9. The van der Waals surface area contributed by atoms with Crippen molar-refractivity contribution in [3.63, 3.8) is 0 Å². The van der Waals surface area contributed by atoms with Gasteiger partial charge in [0.25, 0.3) is 0 Å². The van der Waals surface area contributed by atoms with Crippen molar-refractivity contribution < 1.29 is 51.5 Å². The molecule has 3 N–H and O–H groups in total. The fourth-order valence-electron chi connectivity index (χ4n) is 10.2. The SMILES string of the molecule is CC(CC[C@@H](C)[C@H]1CC[C@H]2[C@@H]3C[C@H](OS(=O)(=O)O)C4C[C@H](OS(=O)(=O)O)[C@@H](OS(=O)(=O)O)C[C@]4(C)[C@H]3CC[C@]12C)C(C)(C)C. The van der Waals surface area contributed by atoms with Crippen LogP contribution in [0.3, 0.4) is 0 Å². The van der Waals surface area contributed by atoms with E-state index in [1.54, 1.807) is 0 Å². The summed E-state index contributed by atoms with van der Waals surface area (Å²) in [5.41, 5.74) is -0.578. The second-order valence-electron chi connectivity index (χ2n) is 15.9. The Morgan fingerprint density at radius 1 is 0.705 bits per heavy atom. The average molecular weight is 689 g/mol. The van der Waals surface area contributed by atoms with Gasteiger partial charge in [-0.05, 0) is 109 Å². The van der Waals surface area contributed by atoms with Gasteiger partial charge in [0.15, 0.2) is 0 Å². The zero-order chi connectivity index (χ0) is 33.3. The molecule has 12 atom stereocenters. The lowest BCUT2D eigenvalue weighted by Gasteiger charge is -2.63. The molecule has 258 valence electrons. The van der Waals surface area contributed by atoms with E-state index in [-0.39, 0.29) is 41.4 Å². The van der Waals surface area contributed by atoms with Crippen LogP contribution in [0.2, 0.25) is 0 Å². The van der Waals surface area contributed by atoms with Crippen LogP contribution in [0.25, 0.3) is 0 Å². The standard InChI is InChI=1S/C29H52O12S3/c1-17(8-9-18(2)27(3,4)5)20-10-11-21-19-14-24(39-42(30,31)32)23-15-25(40-43(33,34)35)26(41-44(36,37)38)16-29(23,7)22(19)12-13-28(20,21)6/h17-26H,8-16H2,1-7H3,(H,30,31,32)(H,33,34,35)(H,36,37,38)/t17-,18?,19+,20-,21+,22+,23?,24+,25+,26+,28-,29-/m1/s1. The summed E-state index contributed by atoms with van der Waals surface area (Å²) in [5.74, 6) is 1.12. The summed E-state index contributed by atoms with van der Waals surface area (Å²) in [5, 5.41) is 0. The van der Waals surface area contributed by atoms with E-state index >= 15 is 0 Å². The highest BCUT2D eigenvalue weighted by Crippen LogP contribution is 2.69. The molecule has 12 nitrogen and oxygen atoms in total. The van der Waals surface area contributed by atoms with Crippen LogP contribution in [0.15, 0.2) is 0 Å². The normalized spacial score (nSPS) is 41.3. The maximum atomic E-state index is 12.1. The molecule has 0 bridgehead atoms. The monoisotopic (exact) mass is 688 g/mol. The molecule has 0 aromatic rings. The highest BCUT2D eigenvalue weighted by molar-refractivity contribution is 7.81. The summed E-state index contributed by atoms with van der Waals surface area (Å²) in [4.78, 5) is 0. The molecular weight excluding hydrogens is 637 g/mol. The molecule has 2 unspecified atom stereocenters. The van der Waals surface area contributed by atoms with Crippen LogP contribution in [0.4, 0.5) is 0 Å². The van der Waals surface area contributed by atoms with Gasteiger partial charge in [0, 0.05) is 0 Å². The average Bonchev–Trinajstić information content (AvgIpc) is 3.17. The molecular formula is C29H52O12S3. The highest BCUT2D eigenvalue weighted by atomic mass is 32.3. The van der Waals surface area contributed by atoms with Crippen LogP contribution in [0, 0.1) is 57.7 Å². The van der Waals surface area contributed by atoms with Gasteiger partial charge in [-0.15, -0.1) is 0 Å². The van der Waals surface area contributed by atoms with E-state index in [9.17, 15) is 38.9 Å². The molecule has 0 heterocycles. The maximum Gasteiger partial charge on any atom is 0.397 e. The zero-order valence-electron chi connectivity index (χ0n) is 26.9. The predicted molar refractivity (Wildman–Crippen MR) is 162 cm³/mol. The Bertz CT molecular complexity index is 1370. The number of fused-ring (bicyclic) bond motifs is 5. The first-order valence-electron chi connectivity index (χ1n) is 15.8. The largest absolute Gasteiger partial charge is 0.397 e. The lowest BCUT2D eigenvalue weighted by Crippen LogP contribution is -2.62. The van der Waals surface area contributed by atoms with Crippen LogP contribution in [-0.2, 0) is 43.7 Å². The molecule has 4 fully saturated rings. The van der Waals surface area contributed by atoms with Crippen molar-refractivity contribution in [1.29, 1.82) is 0 Å². The Labute approximate surface area is 264 Å². The molecule has 0 aromatic carbocycles. The summed E-state index contributed by atoms with van der Waals surface area (Å²) in [6.07, 6.45) is 1.92. The van der Waals surface area contributed by atoms with Crippen molar-refractivity contribution in [2.45, 2.75) is 125 Å². The van der Waals surface area contributed by atoms with Gasteiger partial charge in [-0.3, -0.25) is 13.7 Å². The summed E-state index contributed by atoms with van der Waals surface area (Å²) < 4.78 is 115. The van der Waals surface area contributed by atoms with E-state index < -0.39 is 60.8 Å². The molecule has 4 rings (SSSR count). The summed E-state index contributed by atoms with van der Waals surface area (Å²) >= 11 is 0. The Kier molecular flexibility index (Phi) is 10.1. The van der Waals surface area contributed by atoms with Crippen molar-refractivity contribution in [2.24, 2.45) is 57.7 Å². The van der Waals surface area contributed by atoms with Crippen LogP contribution >= 0.6 is 0 Å². The van der Waals surface area contributed by atoms with Gasteiger partial charge in [-0.2, -0.15) is 25.3 Å². The van der Waals surface area contributed by atoms with Gasteiger partial charge < -0.3 is 0 Å². The molecule has 0 amide bonds. The third-order valence-corrected chi connectivity index (χ3v) is 14.1. The number of hydrogen-bond donors (Lipinski definition) is 3. The van der Waals surface area contributed by atoms with E-state index in [1.165, 1.54) is 0 Å². The first-order chi connectivity index (χ1) is 19.8. The lowest BCUT2D eigenvalue weighted by molar-refractivity contribution is -0.184. The fourth-order valence-corrected chi connectivity index (χ4v) is 11.7. The molecule has 0 saturated heterocycles. The van der Waals surface area contributed by atoms with Crippen LogP contribution in [0.5, 0.6) is 0 Å². The van der Waals surface area contributed by atoms with E-state index in [2.05, 4.69) is 41.5 Å². The van der Waals surface area contributed by atoms with E-state index in [0.717, 1.165) is 38.5 Å².